The van der Waals surface area contributed by atoms with Gasteiger partial charge < -0.3 is 5.32 Å². The number of benzene rings is 2. The van der Waals surface area contributed by atoms with E-state index in [2.05, 4.69) is 26.3 Å². The van der Waals surface area contributed by atoms with Gasteiger partial charge in [0.15, 0.2) is 5.82 Å². The standard InChI is InChI=1S/C19H14BrClN4O3/c20-17-12-24(11-14-4-7-15(21)8-5-14)23-19(17)22-18(26)9-6-13-2-1-3-16(10-13)25(27)28/h1-10,12H,11H2,(H,22,23,26)/b9-6+. The Balaban J connectivity index is 1.65. The summed E-state index contributed by atoms with van der Waals surface area (Å²) in [5, 5.41) is 18.5. The molecule has 2 aromatic carbocycles. The van der Waals surface area contributed by atoms with Crippen LogP contribution in [0.2, 0.25) is 5.02 Å². The first-order valence-electron chi connectivity index (χ1n) is 8.11. The molecule has 0 aliphatic rings. The summed E-state index contributed by atoms with van der Waals surface area (Å²) in [6, 6.07) is 13.4. The monoisotopic (exact) mass is 460 g/mol. The highest BCUT2D eigenvalue weighted by molar-refractivity contribution is 9.10. The number of hydrogen-bond donors (Lipinski definition) is 1. The molecule has 1 heterocycles. The predicted octanol–water partition coefficient (Wildman–Crippen LogP) is 4.91. The van der Waals surface area contributed by atoms with Crippen LogP contribution in [0.1, 0.15) is 11.1 Å². The van der Waals surface area contributed by atoms with Crippen molar-refractivity contribution < 1.29 is 9.72 Å². The fourth-order valence-electron chi connectivity index (χ4n) is 2.41. The summed E-state index contributed by atoms with van der Waals surface area (Å²) in [4.78, 5) is 22.5. The van der Waals surface area contributed by atoms with Crippen LogP contribution in [-0.2, 0) is 11.3 Å². The predicted molar refractivity (Wildman–Crippen MR) is 111 cm³/mol. The average molecular weight is 462 g/mol. The smallest absolute Gasteiger partial charge is 0.270 e. The van der Waals surface area contributed by atoms with Gasteiger partial charge in [0.1, 0.15) is 0 Å². The molecule has 0 unspecified atom stereocenters. The normalized spacial score (nSPS) is 10.9. The fourth-order valence-corrected chi connectivity index (χ4v) is 2.95. The van der Waals surface area contributed by atoms with E-state index in [1.54, 1.807) is 35.1 Å². The topological polar surface area (TPSA) is 90.1 Å². The SMILES string of the molecule is O=C(/C=C/c1cccc([N+](=O)[O-])c1)Nc1nn(Cc2ccc(Cl)cc2)cc1Br. The summed E-state index contributed by atoms with van der Waals surface area (Å²) in [5.41, 5.74) is 1.53. The van der Waals surface area contributed by atoms with Crippen LogP contribution in [0.15, 0.2) is 65.3 Å². The molecule has 1 N–H and O–H groups in total. The van der Waals surface area contributed by atoms with Gasteiger partial charge in [-0.2, -0.15) is 5.10 Å². The number of nitrogens with one attached hydrogen (secondary N) is 1. The van der Waals surface area contributed by atoms with Crippen molar-refractivity contribution in [2.75, 3.05) is 5.32 Å². The highest BCUT2D eigenvalue weighted by Crippen LogP contribution is 2.21. The van der Waals surface area contributed by atoms with E-state index >= 15 is 0 Å². The van der Waals surface area contributed by atoms with Gasteiger partial charge in [0, 0.05) is 29.4 Å². The van der Waals surface area contributed by atoms with E-state index in [9.17, 15) is 14.9 Å². The lowest BCUT2D eigenvalue weighted by Gasteiger charge is -2.02. The summed E-state index contributed by atoms with van der Waals surface area (Å²) >= 11 is 9.26. The number of non-ortho nitro benzene ring substituents is 1. The Kier molecular flexibility index (Phi) is 6.23. The van der Waals surface area contributed by atoms with E-state index in [0.29, 0.717) is 27.4 Å². The van der Waals surface area contributed by atoms with Gasteiger partial charge in [0.2, 0.25) is 5.91 Å². The van der Waals surface area contributed by atoms with Crippen LogP contribution in [0.5, 0.6) is 0 Å². The van der Waals surface area contributed by atoms with Gasteiger partial charge in [-0.15, -0.1) is 0 Å². The zero-order valence-electron chi connectivity index (χ0n) is 14.4. The van der Waals surface area contributed by atoms with E-state index in [1.165, 1.54) is 24.3 Å². The molecule has 0 saturated heterocycles. The highest BCUT2D eigenvalue weighted by Gasteiger charge is 2.10. The molecule has 3 rings (SSSR count). The number of carbonyl (C=O) groups is 1. The quantitative estimate of drug-likeness (QED) is 0.321. The number of hydrogen-bond acceptors (Lipinski definition) is 4. The molecule has 142 valence electrons. The van der Waals surface area contributed by atoms with E-state index in [0.717, 1.165) is 5.56 Å². The first kappa shape index (κ1) is 19.8. The summed E-state index contributed by atoms with van der Waals surface area (Å²) < 4.78 is 2.33. The largest absolute Gasteiger partial charge is 0.305 e. The lowest BCUT2D eigenvalue weighted by molar-refractivity contribution is -0.384. The highest BCUT2D eigenvalue weighted by atomic mass is 79.9. The molecule has 0 aliphatic heterocycles. The van der Waals surface area contributed by atoms with Gasteiger partial charge in [-0.3, -0.25) is 19.6 Å². The number of amides is 1. The van der Waals surface area contributed by atoms with E-state index in [1.807, 2.05) is 12.1 Å². The third-order valence-electron chi connectivity index (χ3n) is 3.72. The number of carbonyl (C=O) groups excluding carboxylic acids is 1. The molecule has 0 atom stereocenters. The fraction of sp³-hybridized carbons (Fsp3) is 0.0526. The number of halogens is 2. The van der Waals surface area contributed by atoms with Crippen molar-refractivity contribution in [2.24, 2.45) is 0 Å². The molecule has 0 bridgehead atoms. The zero-order valence-corrected chi connectivity index (χ0v) is 16.7. The second-order valence-corrected chi connectivity index (χ2v) is 7.12. The van der Waals surface area contributed by atoms with Gasteiger partial charge in [0.25, 0.3) is 5.69 Å². The first-order chi connectivity index (χ1) is 13.4. The lowest BCUT2D eigenvalue weighted by atomic mass is 10.2. The van der Waals surface area contributed by atoms with Crippen LogP contribution in [0.3, 0.4) is 0 Å². The molecule has 3 aromatic rings. The van der Waals surface area contributed by atoms with Gasteiger partial charge in [-0.25, -0.2) is 0 Å². The Morgan fingerprint density at radius 3 is 2.75 bits per heavy atom. The maximum Gasteiger partial charge on any atom is 0.270 e. The number of nitro benzene ring substituents is 1. The van der Waals surface area contributed by atoms with Crippen molar-refractivity contribution in [3.05, 3.63) is 91.5 Å². The van der Waals surface area contributed by atoms with Crippen LogP contribution in [0.4, 0.5) is 11.5 Å². The Morgan fingerprint density at radius 2 is 2.04 bits per heavy atom. The number of anilines is 1. The Morgan fingerprint density at radius 1 is 1.29 bits per heavy atom. The lowest BCUT2D eigenvalue weighted by Crippen LogP contribution is -2.09. The summed E-state index contributed by atoms with van der Waals surface area (Å²) in [7, 11) is 0. The van der Waals surface area contributed by atoms with Crippen molar-refractivity contribution in [3.8, 4) is 0 Å². The van der Waals surface area contributed by atoms with Crippen molar-refractivity contribution in [1.82, 2.24) is 9.78 Å². The van der Waals surface area contributed by atoms with Gasteiger partial charge >= 0.3 is 0 Å². The molecule has 9 heteroatoms. The van der Waals surface area contributed by atoms with E-state index in [-0.39, 0.29) is 5.69 Å². The minimum absolute atomic E-state index is 0.0359. The molecule has 0 spiro atoms. The van der Waals surface area contributed by atoms with Gasteiger partial charge in [-0.05, 0) is 45.3 Å². The van der Waals surface area contributed by atoms with Crippen LogP contribution >= 0.6 is 27.5 Å². The van der Waals surface area contributed by atoms with Crippen molar-refractivity contribution in [2.45, 2.75) is 6.54 Å². The molecular formula is C19H14BrClN4O3. The number of aromatic nitrogens is 2. The molecule has 7 nitrogen and oxygen atoms in total. The Bertz CT molecular complexity index is 1050. The summed E-state index contributed by atoms with van der Waals surface area (Å²) in [5.74, 6) is -0.0217. The third kappa shape index (κ3) is 5.28. The molecule has 0 aliphatic carbocycles. The Hall–Kier alpha value is -2.97. The second-order valence-electron chi connectivity index (χ2n) is 5.82. The third-order valence-corrected chi connectivity index (χ3v) is 4.56. The van der Waals surface area contributed by atoms with Crippen molar-refractivity contribution in [3.63, 3.8) is 0 Å². The molecule has 1 amide bonds. The van der Waals surface area contributed by atoms with Gasteiger partial charge in [0.05, 0.1) is 15.9 Å². The maximum atomic E-state index is 12.1. The second kappa shape index (κ2) is 8.81. The number of rotatable bonds is 6. The van der Waals surface area contributed by atoms with Crippen molar-refractivity contribution >= 4 is 51.0 Å². The minimum atomic E-state index is -0.484. The van der Waals surface area contributed by atoms with Crippen LogP contribution < -0.4 is 5.32 Å². The molecule has 0 fully saturated rings. The number of nitrogens with zero attached hydrogens (tertiary/aromatic N) is 3. The van der Waals surface area contributed by atoms with Crippen LogP contribution in [-0.4, -0.2) is 20.6 Å². The van der Waals surface area contributed by atoms with Crippen molar-refractivity contribution in [1.29, 1.82) is 0 Å². The molecule has 1 aromatic heterocycles. The molecule has 0 saturated carbocycles. The number of nitro groups is 1. The molecule has 28 heavy (non-hydrogen) atoms. The summed E-state index contributed by atoms with van der Waals surface area (Å²) in [6.07, 6.45) is 4.55. The first-order valence-corrected chi connectivity index (χ1v) is 9.29. The zero-order chi connectivity index (χ0) is 20.1. The van der Waals surface area contributed by atoms with Crippen LogP contribution in [0.25, 0.3) is 6.08 Å². The molecular weight excluding hydrogens is 448 g/mol. The molecule has 0 radical (unpaired) electrons. The Labute approximate surface area is 173 Å². The van der Waals surface area contributed by atoms with Gasteiger partial charge in [-0.1, -0.05) is 35.9 Å². The average Bonchev–Trinajstić information content (AvgIpc) is 3.01. The van der Waals surface area contributed by atoms with Crippen LogP contribution in [0, 0.1) is 10.1 Å². The van der Waals surface area contributed by atoms with E-state index in [4.69, 9.17) is 11.6 Å². The van der Waals surface area contributed by atoms with E-state index < -0.39 is 10.8 Å². The summed E-state index contributed by atoms with van der Waals surface area (Å²) in [6.45, 7) is 0.523. The minimum Gasteiger partial charge on any atom is -0.305 e. The maximum absolute atomic E-state index is 12.1.